The van der Waals surface area contributed by atoms with Gasteiger partial charge in [0.05, 0.1) is 16.5 Å². The van der Waals surface area contributed by atoms with Crippen LogP contribution in [0.3, 0.4) is 0 Å². The first-order valence-electron chi connectivity index (χ1n) is 9.28. The lowest BCUT2D eigenvalue weighted by molar-refractivity contribution is 0.184. The number of phenolic OH excluding ortho intramolecular Hbond substituents is 1. The van der Waals surface area contributed by atoms with Crippen molar-refractivity contribution in [3.8, 4) is 16.9 Å². The third-order valence-electron chi connectivity index (χ3n) is 5.44. The molecule has 4 rings (SSSR count). The largest absolute Gasteiger partial charge is 0.507 e. The van der Waals surface area contributed by atoms with Crippen LogP contribution in [-0.2, 0) is 6.54 Å². The molecule has 5 heteroatoms. The molecule has 1 aliphatic heterocycles. The molecule has 1 N–H and O–H groups in total. The Balaban J connectivity index is 1.78. The minimum absolute atomic E-state index is 0.141. The molecular formula is C22H22ClNO3. The van der Waals surface area contributed by atoms with E-state index in [1.54, 1.807) is 24.3 Å². The first kappa shape index (κ1) is 18.1. The summed E-state index contributed by atoms with van der Waals surface area (Å²) in [5, 5.41) is 11.4. The summed E-state index contributed by atoms with van der Waals surface area (Å²) in [6, 6.07) is 10.4. The van der Waals surface area contributed by atoms with Gasteiger partial charge in [-0.1, -0.05) is 36.7 Å². The van der Waals surface area contributed by atoms with Crippen LogP contribution in [0.4, 0.5) is 0 Å². The first-order chi connectivity index (χ1) is 13.0. The van der Waals surface area contributed by atoms with Gasteiger partial charge in [-0.05, 0) is 50.0 Å². The second kappa shape index (κ2) is 7.37. The Kier molecular flexibility index (Phi) is 4.94. The zero-order chi connectivity index (χ0) is 19.0. The fourth-order valence-electron chi connectivity index (χ4n) is 3.71. The van der Waals surface area contributed by atoms with E-state index in [-0.39, 0.29) is 11.2 Å². The summed E-state index contributed by atoms with van der Waals surface area (Å²) in [6.07, 6.45) is 3.74. The number of aromatic hydroxyl groups is 1. The maximum absolute atomic E-state index is 13.1. The van der Waals surface area contributed by atoms with Crippen LogP contribution in [0.2, 0.25) is 5.02 Å². The van der Waals surface area contributed by atoms with Gasteiger partial charge in [0, 0.05) is 17.1 Å². The molecule has 0 atom stereocenters. The van der Waals surface area contributed by atoms with Crippen molar-refractivity contribution in [1.82, 2.24) is 4.90 Å². The number of nitrogens with zero attached hydrogens (tertiary/aromatic N) is 1. The van der Waals surface area contributed by atoms with Crippen molar-refractivity contribution in [3.63, 3.8) is 0 Å². The molecule has 0 spiro atoms. The molecule has 3 aromatic rings. The Morgan fingerprint density at radius 1 is 1.15 bits per heavy atom. The average Bonchev–Trinajstić information content (AvgIpc) is 2.67. The molecular weight excluding hydrogens is 362 g/mol. The normalized spacial score (nSPS) is 16.1. The third kappa shape index (κ3) is 3.47. The van der Waals surface area contributed by atoms with Crippen molar-refractivity contribution in [2.45, 2.75) is 26.3 Å². The summed E-state index contributed by atoms with van der Waals surface area (Å²) < 4.78 is 5.86. The van der Waals surface area contributed by atoms with Crippen molar-refractivity contribution in [2.75, 3.05) is 13.1 Å². The number of hydrogen-bond donors (Lipinski definition) is 1. The topological polar surface area (TPSA) is 53.7 Å². The maximum Gasteiger partial charge on any atom is 0.200 e. The van der Waals surface area contributed by atoms with Crippen LogP contribution < -0.4 is 5.43 Å². The molecule has 1 aromatic heterocycles. The van der Waals surface area contributed by atoms with E-state index >= 15 is 0 Å². The smallest absolute Gasteiger partial charge is 0.200 e. The summed E-state index contributed by atoms with van der Waals surface area (Å²) >= 11 is 6.25. The summed E-state index contributed by atoms with van der Waals surface area (Å²) in [5.74, 6) is 0.897. The molecule has 27 heavy (non-hydrogen) atoms. The quantitative estimate of drug-likeness (QED) is 0.687. The number of benzene rings is 2. The van der Waals surface area contributed by atoms with Crippen LogP contribution in [0.1, 0.15) is 25.3 Å². The Morgan fingerprint density at radius 3 is 2.63 bits per heavy atom. The second-order valence-corrected chi connectivity index (χ2v) is 7.76. The predicted molar refractivity (Wildman–Crippen MR) is 108 cm³/mol. The summed E-state index contributed by atoms with van der Waals surface area (Å²) in [4.78, 5) is 15.4. The van der Waals surface area contributed by atoms with Crippen LogP contribution in [0, 0.1) is 5.92 Å². The lowest BCUT2D eigenvalue weighted by Gasteiger charge is -2.30. The van der Waals surface area contributed by atoms with E-state index in [1.807, 2.05) is 12.1 Å². The first-order valence-corrected chi connectivity index (χ1v) is 9.66. The van der Waals surface area contributed by atoms with Crippen LogP contribution in [0.25, 0.3) is 22.1 Å². The standard InChI is InChI=1S/C22H22ClNO3/c1-14-8-10-24(11-9-14)12-17-20(25)7-6-16-21(26)18(13-27-22(16)17)15-4-2-3-5-19(15)23/h2-7,13-14,25H,8-12H2,1H3. The molecule has 1 fully saturated rings. The molecule has 2 heterocycles. The number of likely N-dealkylation sites (tertiary alicyclic amines) is 1. The van der Waals surface area contributed by atoms with E-state index < -0.39 is 0 Å². The van der Waals surface area contributed by atoms with Gasteiger partial charge in [-0.15, -0.1) is 0 Å². The molecule has 4 nitrogen and oxygen atoms in total. The molecule has 140 valence electrons. The predicted octanol–water partition coefficient (Wildman–Crippen LogP) is 5.05. The number of hydrogen-bond acceptors (Lipinski definition) is 4. The highest BCUT2D eigenvalue weighted by molar-refractivity contribution is 6.33. The van der Waals surface area contributed by atoms with Crippen molar-refractivity contribution >= 4 is 22.6 Å². The fraction of sp³-hybridized carbons (Fsp3) is 0.318. The van der Waals surface area contributed by atoms with Gasteiger partial charge in [-0.2, -0.15) is 0 Å². The second-order valence-electron chi connectivity index (χ2n) is 7.36. The van der Waals surface area contributed by atoms with Gasteiger partial charge < -0.3 is 9.52 Å². The van der Waals surface area contributed by atoms with E-state index in [0.29, 0.717) is 39.2 Å². The lowest BCUT2D eigenvalue weighted by Crippen LogP contribution is -2.32. The molecule has 1 aliphatic rings. The highest BCUT2D eigenvalue weighted by Gasteiger charge is 2.21. The number of rotatable bonds is 3. The third-order valence-corrected chi connectivity index (χ3v) is 5.77. The van der Waals surface area contributed by atoms with Crippen LogP contribution >= 0.6 is 11.6 Å². The van der Waals surface area contributed by atoms with Crippen molar-refractivity contribution in [3.05, 3.63) is 63.5 Å². The van der Waals surface area contributed by atoms with Crippen LogP contribution in [0.15, 0.2) is 51.9 Å². The van der Waals surface area contributed by atoms with Crippen molar-refractivity contribution in [1.29, 1.82) is 0 Å². The zero-order valence-corrected chi connectivity index (χ0v) is 16.0. The minimum Gasteiger partial charge on any atom is -0.507 e. The Morgan fingerprint density at radius 2 is 1.89 bits per heavy atom. The molecule has 0 bridgehead atoms. The minimum atomic E-state index is -0.141. The number of halogens is 1. The van der Waals surface area contributed by atoms with Crippen molar-refractivity contribution < 1.29 is 9.52 Å². The monoisotopic (exact) mass is 383 g/mol. The molecule has 0 amide bonds. The lowest BCUT2D eigenvalue weighted by atomic mass is 9.98. The Labute approximate surface area is 163 Å². The number of piperidine rings is 1. The fourth-order valence-corrected chi connectivity index (χ4v) is 3.95. The molecule has 1 saturated heterocycles. The van der Waals surface area contributed by atoms with E-state index in [4.69, 9.17) is 16.0 Å². The molecule has 0 saturated carbocycles. The number of fused-ring (bicyclic) bond motifs is 1. The van der Waals surface area contributed by atoms with Gasteiger partial charge in [-0.25, -0.2) is 0 Å². The Hall–Kier alpha value is -2.30. The van der Waals surface area contributed by atoms with Crippen LogP contribution in [-0.4, -0.2) is 23.1 Å². The van der Waals surface area contributed by atoms with Gasteiger partial charge in [0.15, 0.2) is 0 Å². The average molecular weight is 384 g/mol. The number of phenols is 1. The van der Waals surface area contributed by atoms with E-state index in [0.717, 1.165) is 31.8 Å². The van der Waals surface area contributed by atoms with Crippen molar-refractivity contribution in [2.24, 2.45) is 5.92 Å². The van der Waals surface area contributed by atoms with Gasteiger partial charge >= 0.3 is 0 Å². The van der Waals surface area contributed by atoms with E-state index in [1.165, 1.54) is 6.26 Å². The van der Waals surface area contributed by atoms with Crippen LogP contribution in [0.5, 0.6) is 5.75 Å². The molecule has 0 unspecified atom stereocenters. The SMILES string of the molecule is CC1CCN(Cc2c(O)ccc3c(=O)c(-c4ccccc4Cl)coc23)CC1. The van der Waals surface area contributed by atoms with Gasteiger partial charge in [-0.3, -0.25) is 9.69 Å². The van der Waals surface area contributed by atoms with Gasteiger partial charge in [0.2, 0.25) is 5.43 Å². The molecule has 0 radical (unpaired) electrons. The maximum atomic E-state index is 13.1. The molecule has 2 aromatic carbocycles. The highest BCUT2D eigenvalue weighted by atomic mass is 35.5. The van der Waals surface area contributed by atoms with E-state index in [2.05, 4.69) is 11.8 Å². The Bertz CT molecular complexity index is 1040. The summed E-state index contributed by atoms with van der Waals surface area (Å²) in [5.41, 5.74) is 2.06. The van der Waals surface area contributed by atoms with E-state index in [9.17, 15) is 9.90 Å². The summed E-state index contributed by atoms with van der Waals surface area (Å²) in [7, 11) is 0. The molecule has 0 aliphatic carbocycles. The van der Waals surface area contributed by atoms with Gasteiger partial charge in [0.25, 0.3) is 0 Å². The van der Waals surface area contributed by atoms with Gasteiger partial charge in [0.1, 0.15) is 17.6 Å². The highest BCUT2D eigenvalue weighted by Crippen LogP contribution is 2.31. The summed E-state index contributed by atoms with van der Waals surface area (Å²) in [6.45, 7) is 4.81. The zero-order valence-electron chi connectivity index (χ0n) is 15.2.